The minimum atomic E-state index is 0.315. The van der Waals surface area contributed by atoms with Gasteiger partial charge >= 0.3 is 0 Å². The lowest BCUT2D eigenvalue weighted by Crippen LogP contribution is -2.56. The van der Waals surface area contributed by atoms with Crippen molar-refractivity contribution in [2.75, 3.05) is 49.1 Å². The summed E-state index contributed by atoms with van der Waals surface area (Å²) in [6.45, 7) is 20.1. The van der Waals surface area contributed by atoms with E-state index in [4.69, 9.17) is 0 Å². The normalized spacial score (nSPS) is 23.1. The third-order valence-corrected chi connectivity index (χ3v) is 7.49. The lowest BCUT2D eigenvalue weighted by Gasteiger charge is -2.40. The second-order valence-electron chi connectivity index (χ2n) is 10.3. The highest BCUT2D eigenvalue weighted by atomic mass is 32.1. The maximum absolute atomic E-state index is 4.37. The molecule has 2 aliphatic rings. The van der Waals surface area contributed by atoms with E-state index in [1.54, 1.807) is 22.7 Å². The van der Waals surface area contributed by atoms with Crippen LogP contribution in [0.2, 0.25) is 0 Å². The van der Waals surface area contributed by atoms with Crippen LogP contribution in [0.1, 0.15) is 41.5 Å². The predicted molar refractivity (Wildman–Crippen MR) is 131 cm³/mol. The summed E-state index contributed by atoms with van der Waals surface area (Å²) < 4.78 is 0. The number of aromatic nitrogens is 2. The van der Waals surface area contributed by atoms with Crippen LogP contribution in [0.4, 0.5) is 10.3 Å². The number of nitrogens with zero attached hydrogens (tertiary/aromatic N) is 4. The van der Waals surface area contributed by atoms with Crippen LogP contribution in [0.25, 0.3) is 0 Å². The Kier molecular flexibility index (Phi) is 7.76. The molecule has 2 atom stereocenters. The van der Waals surface area contributed by atoms with Crippen molar-refractivity contribution in [3.05, 3.63) is 23.2 Å². The lowest BCUT2D eigenvalue weighted by molar-refractivity contribution is 0.254. The van der Waals surface area contributed by atoms with Crippen molar-refractivity contribution in [2.24, 2.45) is 10.8 Å². The highest BCUT2D eigenvalue weighted by Crippen LogP contribution is 2.26. The average Bonchev–Trinajstić information content (AvgIpc) is 3.42. The highest BCUT2D eigenvalue weighted by molar-refractivity contribution is 7.13. The van der Waals surface area contributed by atoms with Crippen LogP contribution in [0.3, 0.4) is 0 Å². The van der Waals surface area contributed by atoms with Crippen LogP contribution in [-0.4, -0.2) is 61.3 Å². The molecule has 0 spiro atoms. The molecule has 2 unspecified atom stereocenters. The van der Waals surface area contributed by atoms with Crippen LogP contribution in [-0.2, 0) is 0 Å². The van der Waals surface area contributed by atoms with Gasteiger partial charge in [0.25, 0.3) is 0 Å². The van der Waals surface area contributed by atoms with Crippen molar-refractivity contribution in [2.45, 2.75) is 53.6 Å². The molecule has 0 amide bonds. The summed E-state index contributed by atoms with van der Waals surface area (Å²) >= 11 is 3.46. The Morgan fingerprint density at radius 3 is 1.47 bits per heavy atom. The lowest BCUT2D eigenvalue weighted by atomic mass is 9.85. The molecule has 4 rings (SSSR count). The molecule has 8 heteroatoms. The zero-order valence-corrected chi connectivity index (χ0v) is 20.9. The first kappa shape index (κ1) is 23.4. The summed E-state index contributed by atoms with van der Waals surface area (Å²) in [6.07, 6.45) is 3.77. The third kappa shape index (κ3) is 6.39. The Balaban J connectivity index is 0.000000171. The van der Waals surface area contributed by atoms with Gasteiger partial charge in [0.2, 0.25) is 0 Å². The van der Waals surface area contributed by atoms with E-state index in [9.17, 15) is 0 Å². The van der Waals surface area contributed by atoms with Gasteiger partial charge in [-0.15, -0.1) is 22.7 Å². The molecular weight excluding hydrogens is 412 g/mol. The topological polar surface area (TPSA) is 56.3 Å². The van der Waals surface area contributed by atoms with Crippen molar-refractivity contribution < 1.29 is 0 Å². The smallest absolute Gasteiger partial charge is 0.185 e. The van der Waals surface area contributed by atoms with Gasteiger partial charge in [-0.25, -0.2) is 9.97 Å². The molecule has 0 aliphatic carbocycles. The molecule has 0 radical (unpaired) electrons. The second kappa shape index (κ2) is 9.94. The molecule has 6 nitrogen and oxygen atoms in total. The minimum absolute atomic E-state index is 0.315. The maximum atomic E-state index is 4.37. The molecule has 0 saturated carbocycles. The molecule has 2 aromatic rings. The molecule has 2 fully saturated rings. The largest absolute Gasteiger partial charge is 0.345 e. The molecule has 4 heterocycles. The maximum Gasteiger partial charge on any atom is 0.185 e. The number of thiazole rings is 2. The number of anilines is 2. The quantitative estimate of drug-likeness (QED) is 0.723. The molecular formula is C22H38N6S2. The Bertz CT molecular complexity index is 669. The van der Waals surface area contributed by atoms with Crippen molar-refractivity contribution in [3.63, 3.8) is 0 Å². The Morgan fingerprint density at radius 2 is 1.17 bits per heavy atom. The first-order valence-corrected chi connectivity index (χ1v) is 12.7. The first-order chi connectivity index (χ1) is 14.1. The highest BCUT2D eigenvalue weighted by Gasteiger charge is 2.30. The fourth-order valence-electron chi connectivity index (χ4n) is 3.75. The van der Waals surface area contributed by atoms with Gasteiger partial charge < -0.3 is 20.4 Å². The van der Waals surface area contributed by atoms with Gasteiger partial charge in [0.1, 0.15) is 0 Å². The van der Waals surface area contributed by atoms with Crippen molar-refractivity contribution in [3.8, 4) is 0 Å². The average molecular weight is 451 g/mol. The summed E-state index contributed by atoms with van der Waals surface area (Å²) in [6, 6.07) is 1.10. The van der Waals surface area contributed by atoms with Crippen LogP contribution < -0.4 is 20.4 Å². The van der Waals surface area contributed by atoms with Crippen LogP contribution >= 0.6 is 22.7 Å². The monoisotopic (exact) mass is 450 g/mol. The SMILES string of the molecule is CC(C)(C)C1CN(c2nccs2)CCN1.CC(C)(C)C1CN(c2nccs2)CCN1. The van der Waals surface area contributed by atoms with E-state index < -0.39 is 0 Å². The summed E-state index contributed by atoms with van der Waals surface area (Å²) in [5.41, 5.74) is 0.631. The fourth-order valence-corrected chi connectivity index (χ4v) is 5.11. The van der Waals surface area contributed by atoms with Gasteiger partial charge in [-0.1, -0.05) is 41.5 Å². The van der Waals surface area contributed by atoms with Gasteiger partial charge in [-0.05, 0) is 10.8 Å². The predicted octanol–water partition coefficient (Wildman–Crippen LogP) is 3.93. The summed E-state index contributed by atoms with van der Waals surface area (Å²) in [7, 11) is 0. The fraction of sp³-hybridized carbons (Fsp3) is 0.727. The van der Waals surface area contributed by atoms with E-state index in [1.807, 2.05) is 23.2 Å². The third-order valence-electron chi connectivity index (χ3n) is 5.82. The molecule has 2 N–H and O–H groups in total. The summed E-state index contributed by atoms with van der Waals surface area (Å²) in [4.78, 5) is 13.5. The number of hydrogen-bond donors (Lipinski definition) is 2. The van der Waals surface area contributed by atoms with Crippen molar-refractivity contribution in [1.29, 1.82) is 0 Å². The standard InChI is InChI=1S/2C11H19N3S/c2*1-11(2,3)9-8-14(6-4-12-9)10-13-5-7-15-10/h2*5,7,9,12H,4,6,8H2,1-3H3. The van der Waals surface area contributed by atoms with Crippen LogP contribution in [0, 0.1) is 10.8 Å². The van der Waals surface area contributed by atoms with Crippen LogP contribution in [0.15, 0.2) is 23.2 Å². The van der Waals surface area contributed by atoms with E-state index in [0.717, 1.165) is 49.5 Å². The number of piperazine rings is 2. The zero-order chi connectivity index (χ0) is 21.8. The van der Waals surface area contributed by atoms with Gasteiger partial charge in [0.05, 0.1) is 0 Å². The van der Waals surface area contributed by atoms with Crippen molar-refractivity contribution >= 4 is 32.9 Å². The van der Waals surface area contributed by atoms with E-state index in [2.05, 4.69) is 71.9 Å². The number of nitrogens with one attached hydrogen (secondary N) is 2. The van der Waals surface area contributed by atoms with E-state index >= 15 is 0 Å². The van der Waals surface area contributed by atoms with Gasteiger partial charge in [-0.3, -0.25) is 0 Å². The van der Waals surface area contributed by atoms with E-state index in [-0.39, 0.29) is 0 Å². The molecule has 0 bridgehead atoms. The van der Waals surface area contributed by atoms with Crippen molar-refractivity contribution in [1.82, 2.24) is 20.6 Å². The molecule has 30 heavy (non-hydrogen) atoms. The molecule has 168 valence electrons. The molecule has 2 aromatic heterocycles. The van der Waals surface area contributed by atoms with Crippen LogP contribution in [0.5, 0.6) is 0 Å². The first-order valence-electron chi connectivity index (χ1n) is 10.9. The van der Waals surface area contributed by atoms with E-state index in [0.29, 0.717) is 22.9 Å². The zero-order valence-electron chi connectivity index (χ0n) is 19.3. The minimum Gasteiger partial charge on any atom is -0.345 e. The molecule has 2 aliphatic heterocycles. The summed E-state index contributed by atoms with van der Waals surface area (Å²) in [5, 5.41) is 13.6. The Morgan fingerprint density at radius 1 is 0.767 bits per heavy atom. The van der Waals surface area contributed by atoms with Gasteiger partial charge in [-0.2, -0.15) is 0 Å². The van der Waals surface area contributed by atoms with Gasteiger partial charge in [0, 0.05) is 74.5 Å². The van der Waals surface area contributed by atoms with Gasteiger partial charge in [0.15, 0.2) is 10.3 Å². The number of hydrogen-bond acceptors (Lipinski definition) is 8. The Hall–Kier alpha value is -1.22. The molecule has 0 aromatic carbocycles. The number of rotatable bonds is 2. The van der Waals surface area contributed by atoms with E-state index in [1.165, 1.54) is 0 Å². The summed E-state index contributed by atoms with van der Waals surface area (Å²) in [5.74, 6) is 0. The second-order valence-corrected chi connectivity index (χ2v) is 12.0. The molecule has 2 saturated heterocycles. The Labute approximate surface area is 190 Å².